The second-order valence-corrected chi connectivity index (χ2v) is 8.38. The van der Waals surface area contributed by atoms with Crippen molar-refractivity contribution in [2.24, 2.45) is 0 Å². The van der Waals surface area contributed by atoms with Gasteiger partial charge in [-0.15, -0.1) is 0 Å². The monoisotopic (exact) mass is 422 g/mol. The number of para-hydroxylation sites is 1. The average Bonchev–Trinajstić information content (AvgIpc) is 2.72. The number of sulfonamides is 1. The van der Waals surface area contributed by atoms with Gasteiger partial charge in [-0.2, -0.15) is 0 Å². The first-order valence-corrected chi connectivity index (χ1v) is 10.3. The molecule has 2 rings (SSSR count). The quantitative estimate of drug-likeness (QED) is 0.580. The summed E-state index contributed by atoms with van der Waals surface area (Å²) >= 11 is 0. The molecule has 0 unspecified atom stereocenters. The van der Waals surface area contributed by atoms with E-state index in [1.54, 1.807) is 31.3 Å². The molecule has 0 saturated heterocycles. The summed E-state index contributed by atoms with van der Waals surface area (Å²) in [5.74, 6) is -1.49. The summed E-state index contributed by atoms with van der Waals surface area (Å²) in [5.41, 5.74) is 0.682. The topological polar surface area (TPSA) is 84.0 Å². The number of halogens is 1. The second-order valence-electron chi connectivity index (χ2n) is 6.33. The predicted molar refractivity (Wildman–Crippen MR) is 106 cm³/mol. The third kappa shape index (κ3) is 6.37. The summed E-state index contributed by atoms with van der Waals surface area (Å²) in [4.78, 5) is 25.3. The molecule has 0 aromatic heterocycles. The molecule has 0 spiro atoms. The fourth-order valence-electron chi connectivity index (χ4n) is 2.46. The number of rotatable bonds is 9. The standard InChI is InChI=1S/C20H23FN2O5S/c1-22(29(26,27)18-12-10-16(21)11-13-18)14-6-9-20(25)28-15-19(24)23(2)17-7-4-3-5-8-17/h3-5,7-8,10-13H,6,9,14-15H2,1-2H3. The van der Waals surface area contributed by atoms with E-state index in [0.717, 1.165) is 16.4 Å². The van der Waals surface area contributed by atoms with Crippen LogP contribution in [0, 0.1) is 5.82 Å². The van der Waals surface area contributed by atoms with Crippen molar-refractivity contribution < 1.29 is 27.1 Å². The molecule has 0 bridgehead atoms. The number of carbonyl (C=O) groups excluding carboxylic acids is 2. The smallest absolute Gasteiger partial charge is 0.306 e. The zero-order valence-electron chi connectivity index (χ0n) is 16.2. The van der Waals surface area contributed by atoms with Crippen LogP contribution in [0.4, 0.5) is 10.1 Å². The van der Waals surface area contributed by atoms with Gasteiger partial charge in [0.2, 0.25) is 10.0 Å². The highest BCUT2D eigenvalue weighted by molar-refractivity contribution is 7.89. The average molecular weight is 422 g/mol. The molecule has 156 valence electrons. The van der Waals surface area contributed by atoms with Gasteiger partial charge >= 0.3 is 5.97 Å². The van der Waals surface area contributed by atoms with Gasteiger partial charge in [0.25, 0.3) is 5.91 Å². The highest BCUT2D eigenvalue weighted by Gasteiger charge is 2.21. The summed E-state index contributed by atoms with van der Waals surface area (Å²) in [6.45, 7) is -0.319. The van der Waals surface area contributed by atoms with Crippen molar-refractivity contribution in [3.63, 3.8) is 0 Å². The zero-order valence-corrected chi connectivity index (χ0v) is 17.1. The first-order valence-electron chi connectivity index (χ1n) is 8.91. The molecular weight excluding hydrogens is 399 g/mol. The Balaban J connectivity index is 1.76. The largest absolute Gasteiger partial charge is 0.456 e. The lowest BCUT2D eigenvalue weighted by atomic mass is 10.3. The first kappa shape index (κ1) is 22.5. The Morgan fingerprint density at radius 2 is 1.62 bits per heavy atom. The van der Waals surface area contributed by atoms with E-state index in [-0.39, 0.29) is 30.2 Å². The second kappa shape index (κ2) is 10.1. The lowest BCUT2D eigenvalue weighted by Gasteiger charge is -2.18. The van der Waals surface area contributed by atoms with Crippen LogP contribution in [0.5, 0.6) is 0 Å². The number of anilines is 1. The number of amides is 1. The molecule has 0 heterocycles. The third-order valence-corrected chi connectivity index (χ3v) is 6.12. The normalized spacial score (nSPS) is 11.3. The van der Waals surface area contributed by atoms with Gasteiger partial charge in [0.15, 0.2) is 6.61 Å². The van der Waals surface area contributed by atoms with Crippen molar-refractivity contribution >= 4 is 27.6 Å². The Morgan fingerprint density at radius 1 is 1.00 bits per heavy atom. The molecular formula is C20H23FN2O5S. The van der Waals surface area contributed by atoms with Gasteiger partial charge in [0.1, 0.15) is 5.82 Å². The third-order valence-electron chi connectivity index (χ3n) is 4.25. The Bertz CT molecular complexity index is 933. The molecule has 0 saturated carbocycles. The van der Waals surface area contributed by atoms with E-state index in [9.17, 15) is 22.4 Å². The molecule has 0 aliphatic rings. The fourth-order valence-corrected chi connectivity index (χ4v) is 3.67. The number of hydrogen-bond donors (Lipinski definition) is 0. The van der Waals surface area contributed by atoms with Crippen LogP contribution >= 0.6 is 0 Å². The van der Waals surface area contributed by atoms with Gasteiger partial charge < -0.3 is 9.64 Å². The van der Waals surface area contributed by atoms with Crippen LogP contribution in [0.15, 0.2) is 59.5 Å². The Kier molecular flexibility index (Phi) is 7.86. The summed E-state index contributed by atoms with van der Waals surface area (Å²) in [6, 6.07) is 13.4. The van der Waals surface area contributed by atoms with Crippen molar-refractivity contribution in [3.8, 4) is 0 Å². The highest BCUT2D eigenvalue weighted by atomic mass is 32.2. The molecule has 7 nitrogen and oxygen atoms in total. The number of likely N-dealkylation sites (N-methyl/N-ethyl adjacent to an activating group) is 1. The number of carbonyl (C=O) groups is 2. The van der Waals surface area contributed by atoms with Crippen molar-refractivity contribution in [1.29, 1.82) is 0 Å². The van der Waals surface area contributed by atoms with E-state index in [1.165, 1.54) is 24.1 Å². The SMILES string of the molecule is CN(C(=O)COC(=O)CCCN(C)S(=O)(=O)c1ccc(F)cc1)c1ccccc1. The summed E-state index contributed by atoms with van der Waals surface area (Å²) < 4.78 is 43.8. The van der Waals surface area contributed by atoms with Crippen LogP contribution < -0.4 is 4.90 Å². The van der Waals surface area contributed by atoms with Gasteiger partial charge in [-0.05, 0) is 42.8 Å². The number of ether oxygens (including phenoxy) is 1. The molecule has 0 radical (unpaired) electrons. The van der Waals surface area contributed by atoms with E-state index in [2.05, 4.69) is 0 Å². The molecule has 2 aromatic carbocycles. The molecule has 0 N–H and O–H groups in total. The zero-order chi connectivity index (χ0) is 21.4. The first-order chi connectivity index (χ1) is 13.7. The van der Waals surface area contributed by atoms with Crippen LogP contribution in [0.1, 0.15) is 12.8 Å². The van der Waals surface area contributed by atoms with Crippen LogP contribution in [-0.4, -0.2) is 51.8 Å². The van der Waals surface area contributed by atoms with E-state index in [4.69, 9.17) is 4.74 Å². The minimum Gasteiger partial charge on any atom is -0.456 e. The van der Waals surface area contributed by atoms with Gasteiger partial charge in [0.05, 0.1) is 4.90 Å². The Hall–Kier alpha value is -2.78. The lowest BCUT2D eigenvalue weighted by molar-refractivity contribution is -0.147. The van der Waals surface area contributed by atoms with Crippen molar-refractivity contribution in [3.05, 3.63) is 60.4 Å². The van der Waals surface area contributed by atoms with Gasteiger partial charge in [-0.25, -0.2) is 17.1 Å². The van der Waals surface area contributed by atoms with E-state index < -0.39 is 28.4 Å². The number of benzene rings is 2. The fraction of sp³-hybridized carbons (Fsp3) is 0.300. The lowest BCUT2D eigenvalue weighted by Crippen LogP contribution is -2.31. The van der Waals surface area contributed by atoms with Crippen molar-refractivity contribution in [2.45, 2.75) is 17.7 Å². The van der Waals surface area contributed by atoms with Crippen LogP contribution in [0.2, 0.25) is 0 Å². The van der Waals surface area contributed by atoms with Crippen molar-refractivity contribution in [2.75, 3.05) is 32.1 Å². The van der Waals surface area contributed by atoms with Crippen LogP contribution in [-0.2, 0) is 24.3 Å². The summed E-state index contributed by atoms with van der Waals surface area (Å²) in [6.07, 6.45) is 0.185. The van der Waals surface area contributed by atoms with Gasteiger partial charge in [-0.3, -0.25) is 9.59 Å². The molecule has 0 aliphatic heterocycles. The molecule has 29 heavy (non-hydrogen) atoms. The van der Waals surface area contributed by atoms with Crippen molar-refractivity contribution in [1.82, 2.24) is 4.31 Å². The van der Waals surface area contributed by atoms with Gasteiger partial charge in [-0.1, -0.05) is 18.2 Å². The summed E-state index contributed by atoms with van der Waals surface area (Å²) in [5, 5.41) is 0. The number of nitrogens with zero attached hydrogens (tertiary/aromatic N) is 2. The summed E-state index contributed by atoms with van der Waals surface area (Å²) in [7, 11) is -0.806. The molecule has 0 aliphatic carbocycles. The molecule has 9 heteroatoms. The Labute approximate surface area is 169 Å². The van der Waals surface area contributed by atoms with Crippen LogP contribution in [0.25, 0.3) is 0 Å². The highest BCUT2D eigenvalue weighted by Crippen LogP contribution is 2.15. The van der Waals surface area contributed by atoms with E-state index >= 15 is 0 Å². The number of esters is 1. The minimum absolute atomic E-state index is 0.0291. The molecule has 0 atom stereocenters. The molecule has 0 fully saturated rings. The molecule has 2 aromatic rings. The maximum absolute atomic E-state index is 13.0. The van der Waals surface area contributed by atoms with E-state index in [1.807, 2.05) is 6.07 Å². The Morgan fingerprint density at radius 3 is 2.24 bits per heavy atom. The van der Waals surface area contributed by atoms with Gasteiger partial charge in [0, 0.05) is 32.7 Å². The maximum atomic E-state index is 13.0. The predicted octanol–water partition coefficient (Wildman–Crippen LogP) is 2.43. The van der Waals surface area contributed by atoms with E-state index in [0.29, 0.717) is 5.69 Å². The molecule has 1 amide bonds. The van der Waals surface area contributed by atoms with Crippen LogP contribution in [0.3, 0.4) is 0 Å². The minimum atomic E-state index is -3.77. The number of hydrogen-bond acceptors (Lipinski definition) is 5. The maximum Gasteiger partial charge on any atom is 0.306 e.